The van der Waals surface area contributed by atoms with Crippen LogP contribution in [0.25, 0.3) is 0 Å². The standard InChI is InChI=1S/C9H13BrN2O/c1-5(2)13-9-8(10)6(3)7(11)4-12-9/h4-5H,11H2,1-3H3. The Morgan fingerprint density at radius 2 is 2.15 bits per heavy atom. The number of hydrogen-bond acceptors (Lipinski definition) is 3. The summed E-state index contributed by atoms with van der Waals surface area (Å²) in [5, 5.41) is 0. The van der Waals surface area contributed by atoms with E-state index in [9.17, 15) is 0 Å². The third kappa shape index (κ3) is 2.34. The number of nitrogen functional groups attached to an aromatic ring is 1. The van der Waals surface area contributed by atoms with E-state index in [2.05, 4.69) is 20.9 Å². The Hall–Kier alpha value is -0.770. The molecule has 0 aliphatic carbocycles. The smallest absolute Gasteiger partial charge is 0.228 e. The molecule has 1 rings (SSSR count). The highest BCUT2D eigenvalue weighted by Gasteiger charge is 2.09. The molecule has 1 heterocycles. The van der Waals surface area contributed by atoms with Crippen molar-refractivity contribution in [3.05, 3.63) is 16.2 Å². The van der Waals surface area contributed by atoms with E-state index in [1.807, 2.05) is 20.8 Å². The van der Waals surface area contributed by atoms with Gasteiger partial charge in [-0.05, 0) is 42.3 Å². The van der Waals surface area contributed by atoms with Crippen molar-refractivity contribution in [3.63, 3.8) is 0 Å². The second kappa shape index (κ2) is 3.96. The lowest BCUT2D eigenvalue weighted by Crippen LogP contribution is -2.08. The van der Waals surface area contributed by atoms with Crippen LogP contribution in [-0.4, -0.2) is 11.1 Å². The monoisotopic (exact) mass is 244 g/mol. The van der Waals surface area contributed by atoms with E-state index in [-0.39, 0.29) is 6.10 Å². The summed E-state index contributed by atoms with van der Waals surface area (Å²) in [6.45, 7) is 5.84. The minimum absolute atomic E-state index is 0.117. The van der Waals surface area contributed by atoms with Gasteiger partial charge in [-0.15, -0.1) is 0 Å². The van der Waals surface area contributed by atoms with Crippen LogP contribution in [-0.2, 0) is 0 Å². The molecule has 0 atom stereocenters. The molecule has 0 spiro atoms. The van der Waals surface area contributed by atoms with Crippen molar-refractivity contribution in [1.29, 1.82) is 0 Å². The van der Waals surface area contributed by atoms with Crippen LogP contribution in [0.4, 0.5) is 5.69 Å². The van der Waals surface area contributed by atoms with Crippen molar-refractivity contribution in [1.82, 2.24) is 4.98 Å². The Balaban J connectivity index is 3.04. The molecule has 0 saturated heterocycles. The first-order valence-corrected chi connectivity index (χ1v) is 4.89. The normalized spacial score (nSPS) is 10.5. The van der Waals surface area contributed by atoms with Gasteiger partial charge in [-0.1, -0.05) is 0 Å². The number of pyridine rings is 1. The fourth-order valence-electron chi connectivity index (χ4n) is 0.874. The van der Waals surface area contributed by atoms with Gasteiger partial charge >= 0.3 is 0 Å². The molecule has 2 N–H and O–H groups in total. The average Bonchev–Trinajstić information content (AvgIpc) is 2.06. The summed E-state index contributed by atoms with van der Waals surface area (Å²) >= 11 is 3.39. The van der Waals surface area contributed by atoms with E-state index in [4.69, 9.17) is 10.5 Å². The quantitative estimate of drug-likeness (QED) is 0.870. The molecular weight excluding hydrogens is 232 g/mol. The van der Waals surface area contributed by atoms with Crippen LogP contribution >= 0.6 is 15.9 Å². The van der Waals surface area contributed by atoms with Gasteiger partial charge in [-0.3, -0.25) is 0 Å². The van der Waals surface area contributed by atoms with E-state index in [0.29, 0.717) is 11.6 Å². The number of anilines is 1. The number of nitrogens with zero attached hydrogens (tertiary/aromatic N) is 1. The fourth-order valence-corrected chi connectivity index (χ4v) is 1.30. The van der Waals surface area contributed by atoms with Gasteiger partial charge in [-0.25, -0.2) is 4.98 Å². The van der Waals surface area contributed by atoms with Crippen LogP contribution < -0.4 is 10.5 Å². The molecule has 72 valence electrons. The van der Waals surface area contributed by atoms with Gasteiger partial charge in [0.1, 0.15) is 0 Å². The molecule has 4 heteroatoms. The predicted octanol–water partition coefficient (Wildman–Crippen LogP) is 2.52. The molecule has 1 aromatic heterocycles. The lowest BCUT2D eigenvalue weighted by molar-refractivity contribution is 0.231. The summed E-state index contributed by atoms with van der Waals surface area (Å²) in [7, 11) is 0. The van der Waals surface area contributed by atoms with Crippen LogP contribution in [0, 0.1) is 6.92 Å². The summed E-state index contributed by atoms with van der Waals surface area (Å²) in [6, 6.07) is 0. The van der Waals surface area contributed by atoms with Crippen molar-refractivity contribution in [2.45, 2.75) is 26.9 Å². The van der Waals surface area contributed by atoms with E-state index in [1.165, 1.54) is 0 Å². The van der Waals surface area contributed by atoms with E-state index in [1.54, 1.807) is 6.20 Å². The lowest BCUT2D eigenvalue weighted by Gasteiger charge is -2.12. The molecular formula is C9H13BrN2O. The first kappa shape index (κ1) is 10.3. The van der Waals surface area contributed by atoms with E-state index >= 15 is 0 Å². The van der Waals surface area contributed by atoms with Gasteiger partial charge in [0.15, 0.2) is 0 Å². The highest BCUT2D eigenvalue weighted by molar-refractivity contribution is 9.10. The minimum Gasteiger partial charge on any atom is -0.474 e. The van der Waals surface area contributed by atoms with Crippen molar-refractivity contribution in [2.75, 3.05) is 5.73 Å². The zero-order valence-electron chi connectivity index (χ0n) is 7.97. The SMILES string of the molecule is Cc1c(N)cnc(OC(C)C)c1Br. The van der Waals surface area contributed by atoms with Crippen molar-refractivity contribution in [3.8, 4) is 5.88 Å². The third-order valence-electron chi connectivity index (χ3n) is 1.62. The fraction of sp³-hybridized carbons (Fsp3) is 0.444. The maximum absolute atomic E-state index is 5.67. The number of rotatable bonds is 2. The Labute approximate surface area is 86.4 Å². The number of hydrogen-bond donors (Lipinski definition) is 1. The molecule has 0 radical (unpaired) electrons. The maximum Gasteiger partial charge on any atom is 0.228 e. The number of nitrogens with two attached hydrogens (primary N) is 1. The van der Waals surface area contributed by atoms with Crippen molar-refractivity contribution in [2.24, 2.45) is 0 Å². The van der Waals surface area contributed by atoms with Crippen LogP contribution in [0.5, 0.6) is 5.88 Å². The van der Waals surface area contributed by atoms with E-state index < -0.39 is 0 Å². The molecule has 0 bridgehead atoms. The van der Waals surface area contributed by atoms with Crippen molar-refractivity contribution >= 4 is 21.6 Å². The van der Waals surface area contributed by atoms with Crippen LogP contribution in [0.2, 0.25) is 0 Å². The maximum atomic E-state index is 5.67. The molecule has 0 saturated carbocycles. The van der Waals surface area contributed by atoms with Gasteiger partial charge in [-0.2, -0.15) is 0 Å². The minimum atomic E-state index is 0.117. The van der Waals surface area contributed by atoms with Crippen LogP contribution in [0.3, 0.4) is 0 Å². The molecule has 0 aromatic carbocycles. The topological polar surface area (TPSA) is 48.1 Å². The Bertz CT molecular complexity index is 313. The third-order valence-corrected chi connectivity index (χ3v) is 2.55. The van der Waals surface area contributed by atoms with Gasteiger partial charge in [0.2, 0.25) is 5.88 Å². The second-order valence-electron chi connectivity index (χ2n) is 3.12. The highest BCUT2D eigenvalue weighted by atomic mass is 79.9. The second-order valence-corrected chi connectivity index (χ2v) is 3.92. The van der Waals surface area contributed by atoms with Crippen molar-refractivity contribution < 1.29 is 4.74 Å². The van der Waals surface area contributed by atoms with Gasteiger partial charge in [0.25, 0.3) is 0 Å². The molecule has 0 fully saturated rings. The molecule has 0 unspecified atom stereocenters. The highest BCUT2D eigenvalue weighted by Crippen LogP contribution is 2.29. The molecule has 13 heavy (non-hydrogen) atoms. The Morgan fingerprint density at radius 1 is 1.54 bits per heavy atom. The zero-order chi connectivity index (χ0) is 10.0. The zero-order valence-corrected chi connectivity index (χ0v) is 9.55. The largest absolute Gasteiger partial charge is 0.474 e. The van der Waals surface area contributed by atoms with Gasteiger partial charge < -0.3 is 10.5 Å². The summed E-state index contributed by atoms with van der Waals surface area (Å²) in [5.41, 5.74) is 7.31. The Kier molecular flexibility index (Phi) is 3.14. The molecule has 0 amide bonds. The Morgan fingerprint density at radius 3 is 2.69 bits per heavy atom. The molecule has 1 aromatic rings. The summed E-state index contributed by atoms with van der Waals surface area (Å²) in [4.78, 5) is 4.08. The summed E-state index contributed by atoms with van der Waals surface area (Å²) < 4.78 is 6.30. The number of halogens is 1. The number of ether oxygens (including phenoxy) is 1. The summed E-state index contributed by atoms with van der Waals surface area (Å²) in [5.74, 6) is 0.599. The molecule has 3 nitrogen and oxygen atoms in total. The van der Waals surface area contributed by atoms with E-state index in [0.717, 1.165) is 10.0 Å². The predicted molar refractivity (Wildman–Crippen MR) is 56.9 cm³/mol. The lowest BCUT2D eigenvalue weighted by atomic mass is 10.2. The first-order valence-electron chi connectivity index (χ1n) is 4.09. The van der Waals surface area contributed by atoms with Crippen LogP contribution in [0.15, 0.2) is 10.7 Å². The summed E-state index contributed by atoms with van der Waals surface area (Å²) in [6.07, 6.45) is 1.73. The van der Waals surface area contributed by atoms with Gasteiger partial charge in [0.05, 0.1) is 22.5 Å². The molecule has 0 aliphatic heterocycles. The first-order chi connectivity index (χ1) is 6.02. The molecule has 0 aliphatic rings. The van der Waals surface area contributed by atoms with Gasteiger partial charge in [0, 0.05) is 0 Å². The average molecular weight is 245 g/mol. The van der Waals surface area contributed by atoms with Crippen LogP contribution in [0.1, 0.15) is 19.4 Å². The number of aromatic nitrogens is 1.